The number of aromatic nitrogens is 2. The van der Waals surface area contributed by atoms with Crippen LogP contribution in [0, 0.1) is 5.92 Å². The number of anilines is 2. The van der Waals surface area contributed by atoms with Crippen LogP contribution in [-0.2, 0) is 17.8 Å². The lowest BCUT2D eigenvalue weighted by Gasteiger charge is -2.26. The zero-order valence-corrected chi connectivity index (χ0v) is 17.1. The Bertz CT molecular complexity index is 908. The summed E-state index contributed by atoms with van der Waals surface area (Å²) in [6.07, 6.45) is 0. The Hall–Kier alpha value is -1.96. The monoisotopic (exact) mass is 414 g/mol. The van der Waals surface area contributed by atoms with E-state index >= 15 is 0 Å². The number of H-pyrrole nitrogens is 1. The maximum atomic E-state index is 12.5. The molecule has 0 aliphatic rings. The number of ether oxygens (including phenoxy) is 1. The Morgan fingerprint density at radius 3 is 2.56 bits per heavy atom. The normalized spacial score (nSPS) is 11.2. The van der Waals surface area contributed by atoms with Gasteiger partial charge in [0.25, 0.3) is 5.56 Å². The second-order valence-electron chi connectivity index (χ2n) is 6.66. The molecule has 0 aliphatic carbocycles. The smallest absolute Gasteiger partial charge is 0.330 e. The van der Waals surface area contributed by atoms with Crippen LogP contribution in [0.1, 0.15) is 19.4 Å². The summed E-state index contributed by atoms with van der Waals surface area (Å²) in [6.45, 7) is 5.48. The second kappa shape index (κ2) is 9.30. The number of nitrogen functional groups attached to an aromatic ring is 1. The van der Waals surface area contributed by atoms with Crippen LogP contribution in [0.3, 0.4) is 0 Å². The van der Waals surface area contributed by atoms with E-state index < -0.39 is 11.2 Å². The summed E-state index contributed by atoms with van der Waals surface area (Å²) in [7, 11) is 1.57. The molecule has 1 aromatic heterocycles. The molecular formula is C18H24Cl2N4O3. The molecule has 3 N–H and O–H groups in total. The number of halogens is 2. The van der Waals surface area contributed by atoms with Gasteiger partial charge in [-0.1, -0.05) is 43.1 Å². The Morgan fingerprint density at radius 2 is 1.96 bits per heavy atom. The summed E-state index contributed by atoms with van der Waals surface area (Å²) in [4.78, 5) is 28.8. The molecule has 0 amide bonds. The largest absolute Gasteiger partial charge is 0.383 e. The fourth-order valence-electron chi connectivity index (χ4n) is 2.76. The van der Waals surface area contributed by atoms with Gasteiger partial charge in [0, 0.05) is 26.7 Å². The van der Waals surface area contributed by atoms with Gasteiger partial charge >= 0.3 is 5.69 Å². The van der Waals surface area contributed by atoms with E-state index in [2.05, 4.69) is 4.98 Å². The fourth-order valence-corrected chi connectivity index (χ4v) is 3.08. The van der Waals surface area contributed by atoms with E-state index in [0.717, 1.165) is 5.56 Å². The van der Waals surface area contributed by atoms with E-state index in [0.29, 0.717) is 36.3 Å². The van der Waals surface area contributed by atoms with Crippen LogP contribution in [0.25, 0.3) is 0 Å². The molecule has 0 spiro atoms. The first-order valence-electron chi connectivity index (χ1n) is 8.55. The van der Waals surface area contributed by atoms with E-state index in [-0.39, 0.29) is 17.4 Å². The summed E-state index contributed by atoms with van der Waals surface area (Å²) < 4.78 is 6.55. The SMILES string of the molecule is COCCN(Cc1ccc(Cl)c(Cl)c1)c1c(N)n(CC(C)C)c(=O)[nH]c1=O. The molecular weight excluding hydrogens is 391 g/mol. The van der Waals surface area contributed by atoms with Gasteiger partial charge in [0.2, 0.25) is 0 Å². The van der Waals surface area contributed by atoms with Gasteiger partial charge in [-0.3, -0.25) is 14.3 Å². The molecule has 0 atom stereocenters. The number of hydrogen-bond acceptors (Lipinski definition) is 5. The van der Waals surface area contributed by atoms with E-state index in [1.54, 1.807) is 24.1 Å². The van der Waals surface area contributed by atoms with Crippen molar-refractivity contribution in [2.24, 2.45) is 5.92 Å². The van der Waals surface area contributed by atoms with Crippen molar-refractivity contribution in [1.82, 2.24) is 9.55 Å². The van der Waals surface area contributed by atoms with Gasteiger partial charge in [-0.2, -0.15) is 0 Å². The first-order valence-corrected chi connectivity index (χ1v) is 9.30. The van der Waals surface area contributed by atoms with Gasteiger partial charge in [0.1, 0.15) is 11.5 Å². The highest BCUT2D eigenvalue weighted by Crippen LogP contribution is 2.25. The standard InChI is InChI=1S/C18H24Cl2N4O3/c1-11(2)9-24-16(21)15(17(25)22-18(24)26)23(6-7-27-3)10-12-4-5-13(19)14(20)8-12/h4-5,8,11H,6-7,9-10,21H2,1-3H3,(H,22,25,26). The van der Waals surface area contributed by atoms with Crippen molar-refractivity contribution in [3.05, 3.63) is 54.6 Å². The minimum atomic E-state index is -0.534. The van der Waals surface area contributed by atoms with E-state index in [9.17, 15) is 9.59 Å². The molecule has 27 heavy (non-hydrogen) atoms. The average molecular weight is 415 g/mol. The number of rotatable bonds is 8. The molecule has 1 heterocycles. The molecule has 148 valence electrons. The first-order chi connectivity index (χ1) is 12.7. The van der Waals surface area contributed by atoms with Crippen molar-refractivity contribution >= 4 is 34.7 Å². The Labute approximate surface area is 167 Å². The highest BCUT2D eigenvalue weighted by molar-refractivity contribution is 6.42. The lowest BCUT2D eigenvalue weighted by molar-refractivity contribution is 0.205. The molecule has 0 saturated heterocycles. The van der Waals surface area contributed by atoms with Gasteiger partial charge in [0.15, 0.2) is 0 Å². The van der Waals surface area contributed by atoms with Gasteiger partial charge in [-0.05, 0) is 23.6 Å². The summed E-state index contributed by atoms with van der Waals surface area (Å²) in [5.41, 5.74) is 6.26. The van der Waals surface area contributed by atoms with Gasteiger partial charge in [-0.15, -0.1) is 0 Å². The molecule has 0 radical (unpaired) electrons. The number of nitrogens with two attached hydrogens (primary N) is 1. The van der Waals surface area contributed by atoms with Crippen molar-refractivity contribution in [2.45, 2.75) is 26.9 Å². The molecule has 0 saturated carbocycles. The second-order valence-corrected chi connectivity index (χ2v) is 7.47. The van der Waals surface area contributed by atoms with E-state index in [4.69, 9.17) is 33.7 Å². The molecule has 2 rings (SSSR count). The predicted octanol–water partition coefficient (Wildman–Crippen LogP) is 2.73. The van der Waals surface area contributed by atoms with Crippen molar-refractivity contribution in [3.63, 3.8) is 0 Å². The molecule has 0 unspecified atom stereocenters. The van der Waals surface area contributed by atoms with Crippen LogP contribution in [0.4, 0.5) is 11.5 Å². The minimum Gasteiger partial charge on any atom is -0.383 e. The minimum absolute atomic E-state index is 0.133. The zero-order valence-electron chi connectivity index (χ0n) is 15.6. The first kappa shape index (κ1) is 21.3. The molecule has 2 aromatic rings. The molecule has 1 aromatic carbocycles. The van der Waals surface area contributed by atoms with Crippen LogP contribution in [-0.4, -0.2) is 29.8 Å². The third-order valence-electron chi connectivity index (χ3n) is 4.00. The van der Waals surface area contributed by atoms with Crippen LogP contribution >= 0.6 is 23.2 Å². The van der Waals surface area contributed by atoms with Gasteiger partial charge < -0.3 is 15.4 Å². The molecule has 9 heteroatoms. The van der Waals surface area contributed by atoms with Gasteiger partial charge in [0.05, 0.1) is 16.7 Å². The quantitative estimate of drug-likeness (QED) is 0.692. The summed E-state index contributed by atoms with van der Waals surface area (Å²) in [5, 5.41) is 0.874. The highest BCUT2D eigenvalue weighted by Gasteiger charge is 2.20. The predicted molar refractivity (Wildman–Crippen MR) is 110 cm³/mol. The van der Waals surface area contributed by atoms with Crippen LogP contribution in [0.2, 0.25) is 10.0 Å². The van der Waals surface area contributed by atoms with Crippen molar-refractivity contribution in [2.75, 3.05) is 30.9 Å². The third-order valence-corrected chi connectivity index (χ3v) is 4.74. The Kier molecular flexibility index (Phi) is 7.35. The maximum Gasteiger partial charge on any atom is 0.330 e. The van der Waals surface area contributed by atoms with Crippen molar-refractivity contribution < 1.29 is 4.74 Å². The molecule has 0 bridgehead atoms. The summed E-state index contributed by atoms with van der Waals surface area (Å²) >= 11 is 12.1. The lowest BCUT2D eigenvalue weighted by Crippen LogP contribution is -2.39. The van der Waals surface area contributed by atoms with E-state index in [1.165, 1.54) is 4.57 Å². The van der Waals surface area contributed by atoms with E-state index in [1.807, 2.05) is 19.9 Å². The topological polar surface area (TPSA) is 93.3 Å². The van der Waals surface area contributed by atoms with Crippen LogP contribution < -0.4 is 21.9 Å². The summed E-state index contributed by atoms with van der Waals surface area (Å²) in [6, 6.07) is 5.25. The number of methoxy groups -OCH3 is 1. The number of benzene rings is 1. The fraction of sp³-hybridized carbons (Fsp3) is 0.444. The number of aromatic amines is 1. The number of nitrogens with one attached hydrogen (secondary N) is 1. The van der Waals surface area contributed by atoms with Gasteiger partial charge in [-0.25, -0.2) is 4.79 Å². The Morgan fingerprint density at radius 1 is 1.26 bits per heavy atom. The summed E-state index contributed by atoms with van der Waals surface area (Å²) in [5.74, 6) is 0.319. The average Bonchev–Trinajstić information content (AvgIpc) is 2.59. The molecule has 0 aliphatic heterocycles. The van der Waals surface area contributed by atoms with Crippen LogP contribution in [0.15, 0.2) is 27.8 Å². The maximum absolute atomic E-state index is 12.5. The Balaban J connectivity index is 2.50. The molecule has 0 fully saturated rings. The highest BCUT2D eigenvalue weighted by atomic mass is 35.5. The third kappa shape index (κ3) is 5.28. The van der Waals surface area contributed by atoms with Crippen LogP contribution in [0.5, 0.6) is 0 Å². The van der Waals surface area contributed by atoms with Crippen molar-refractivity contribution in [3.8, 4) is 0 Å². The van der Waals surface area contributed by atoms with Crippen molar-refractivity contribution in [1.29, 1.82) is 0 Å². The number of hydrogen-bond donors (Lipinski definition) is 2. The zero-order chi connectivity index (χ0) is 20.1. The molecule has 7 nitrogen and oxygen atoms in total. The number of nitrogens with zero attached hydrogens (tertiary/aromatic N) is 2. The lowest BCUT2D eigenvalue weighted by atomic mass is 10.2.